The van der Waals surface area contributed by atoms with Crippen molar-refractivity contribution in [2.75, 3.05) is 26.2 Å². The maximum atomic E-state index is 5.10. The van der Waals surface area contributed by atoms with Crippen molar-refractivity contribution in [3.05, 3.63) is 0 Å². The Morgan fingerprint density at radius 3 is 2.54 bits per heavy atom. The number of terminal acetylenes is 1. The smallest absolute Gasteiger partial charge is 0.0574 e. The molecule has 1 fully saturated rings. The molecule has 2 nitrogen and oxygen atoms in total. The molecule has 0 radical (unpaired) electrons. The number of nitrogens with one attached hydrogen (secondary N) is 2. The van der Waals surface area contributed by atoms with Gasteiger partial charge in [0.2, 0.25) is 0 Å². The Labute approximate surface area is 81.5 Å². The van der Waals surface area contributed by atoms with Crippen LogP contribution in [0.25, 0.3) is 0 Å². The lowest BCUT2D eigenvalue weighted by molar-refractivity contribution is 0.292. The molecule has 1 rings (SSSR count). The molecule has 2 N–H and O–H groups in total. The number of rotatable bonds is 7. The minimum atomic E-state index is 0.685. The van der Waals surface area contributed by atoms with Crippen molar-refractivity contribution in [1.29, 1.82) is 0 Å². The molecule has 0 aromatic heterocycles. The first kappa shape index (κ1) is 10.6. The lowest BCUT2D eigenvalue weighted by Gasteiger charge is -2.25. The van der Waals surface area contributed by atoms with Gasteiger partial charge in [0, 0.05) is 13.1 Å². The SMILES string of the molecule is C#CCNCCNCCC1CCC1. The van der Waals surface area contributed by atoms with E-state index in [0.717, 1.165) is 19.0 Å². The zero-order valence-corrected chi connectivity index (χ0v) is 8.31. The first-order chi connectivity index (χ1) is 6.43. The van der Waals surface area contributed by atoms with E-state index in [4.69, 9.17) is 6.42 Å². The summed E-state index contributed by atoms with van der Waals surface area (Å²) in [7, 11) is 0. The van der Waals surface area contributed by atoms with E-state index in [1.54, 1.807) is 0 Å². The topological polar surface area (TPSA) is 24.1 Å². The normalized spacial score (nSPS) is 16.5. The molecule has 1 saturated carbocycles. The maximum Gasteiger partial charge on any atom is 0.0574 e. The van der Waals surface area contributed by atoms with Crippen molar-refractivity contribution in [1.82, 2.24) is 10.6 Å². The van der Waals surface area contributed by atoms with Gasteiger partial charge in [0.25, 0.3) is 0 Å². The third-order valence-corrected chi connectivity index (χ3v) is 2.66. The highest BCUT2D eigenvalue weighted by Crippen LogP contribution is 2.28. The third kappa shape index (κ3) is 4.92. The lowest BCUT2D eigenvalue weighted by atomic mass is 9.83. The predicted molar refractivity (Wildman–Crippen MR) is 56.5 cm³/mol. The molecule has 74 valence electrons. The van der Waals surface area contributed by atoms with Gasteiger partial charge in [-0.25, -0.2) is 0 Å². The van der Waals surface area contributed by atoms with Crippen molar-refractivity contribution in [3.8, 4) is 12.3 Å². The molecule has 0 aromatic rings. The molecule has 13 heavy (non-hydrogen) atoms. The van der Waals surface area contributed by atoms with Gasteiger partial charge in [-0.05, 0) is 18.9 Å². The fraction of sp³-hybridized carbons (Fsp3) is 0.818. The summed E-state index contributed by atoms with van der Waals surface area (Å²) in [5, 5.41) is 6.56. The standard InChI is InChI=1S/C11H20N2/c1-2-7-12-9-10-13-8-6-11-4-3-5-11/h1,11-13H,3-10H2. The first-order valence-electron chi connectivity index (χ1n) is 5.28. The van der Waals surface area contributed by atoms with Gasteiger partial charge in [-0.15, -0.1) is 6.42 Å². The van der Waals surface area contributed by atoms with Crippen molar-refractivity contribution in [2.24, 2.45) is 5.92 Å². The third-order valence-electron chi connectivity index (χ3n) is 2.66. The van der Waals surface area contributed by atoms with Gasteiger partial charge < -0.3 is 10.6 Å². The Bertz CT molecular complexity index is 156. The van der Waals surface area contributed by atoms with Crippen LogP contribution in [0.2, 0.25) is 0 Å². The van der Waals surface area contributed by atoms with Crippen molar-refractivity contribution in [3.63, 3.8) is 0 Å². The van der Waals surface area contributed by atoms with Crippen LogP contribution in [0.1, 0.15) is 25.7 Å². The van der Waals surface area contributed by atoms with E-state index in [0.29, 0.717) is 6.54 Å². The molecule has 0 atom stereocenters. The molecule has 0 amide bonds. The van der Waals surface area contributed by atoms with E-state index >= 15 is 0 Å². The van der Waals surface area contributed by atoms with Gasteiger partial charge in [-0.2, -0.15) is 0 Å². The summed E-state index contributed by atoms with van der Waals surface area (Å²) >= 11 is 0. The van der Waals surface area contributed by atoms with E-state index in [1.807, 2.05) is 0 Å². The van der Waals surface area contributed by atoms with Crippen LogP contribution < -0.4 is 10.6 Å². The summed E-state index contributed by atoms with van der Waals surface area (Å²) < 4.78 is 0. The van der Waals surface area contributed by atoms with Crippen molar-refractivity contribution < 1.29 is 0 Å². The zero-order valence-electron chi connectivity index (χ0n) is 8.31. The molecule has 0 aliphatic heterocycles. The molecule has 0 saturated heterocycles. The van der Waals surface area contributed by atoms with Crippen LogP contribution in [0.4, 0.5) is 0 Å². The highest BCUT2D eigenvalue weighted by Gasteiger charge is 2.15. The van der Waals surface area contributed by atoms with E-state index in [1.165, 1.54) is 32.2 Å². The number of hydrogen-bond donors (Lipinski definition) is 2. The second-order valence-electron chi connectivity index (χ2n) is 3.72. The van der Waals surface area contributed by atoms with Crippen LogP contribution >= 0.6 is 0 Å². The Kier molecular flexibility index (Phi) is 5.64. The summed E-state index contributed by atoms with van der Waals surface area (Å²) in [5.74, 6) is 3.58. The molecule has 1 aliphatic carbocycles. The van der Waals surface area contributed by atoms with Crippen LogP contribution in [0.3, 0.4) is 0 Å². The van der Waals surface area contributed by atoms with Crippen molar-refractivity contribution in [2.45, 2.75) is 25.7 Å². The fourth-order valence-electron chi connectivity index (χ4n) is 1.55. The molecule has 0 bridgehead atoms. The second-order valence-corrected chi connectivity index (χ2v) is 3.72. The van der Waals surface area contributed by atoms with Crippen molar-refractivity contribution >= 4 is 0 Å². The number of hydrogen-bond acceptors (Lipinski definition) is 2. The lowest BCUT2D eigenvalue weighted by Crippen LogP contribution is -2.29. The maximum absolute atomic E-state index is 5.10. The molecule has 0 spiro atoms. The van der Waals surface area contributed by atoms with Crippen LogP contribution in [0.15, 0.2) is 0 Å². The van der Waals surface area contributed by atoms with E-state index in [-0.39, 0.29) is 0 Å². The zero-order chi connectivity index (χ0) is 9.36. The van der Waals surface area contributed by atoms with Gasteiger partial charge in [-0.3, -0.25) is 0 Å². The summed E-state index contributed by atoms with van der Waals surface area (Å²) in [6, 6.07) is 0. The second kappa shape index (κ2) is 6.94. The summed E-state index contributed by atoms with van der Waals surface area (Å²) in [5.41, 5.74) is 0. The summed E-state index contributed by atoms with van der Waals surface area (Å²) in [6.07, 6.45) is 10.8. The molecule has 0 unspecified atom stereocenters. The van der Waals surface area contributed by atoms with Gasteiger partial charge in [0.1, 0.15) is 0 Å². The molecular weight excluding hydrogens is 160 g/mol. The molecule has 0 aromatic carbocycles. The Morgan fingerprint density at radius 1 is 1.15 bits per heavy atom. The fourth-order valence-corrected chi connectivity index (χ4v) is 1.55. The van der Waals surface area contributed by atoms with Gasteiger partial charge in [0.05, 0.1) is 6.54 Å². The van der Waals surface area contributed by atoms with Gasteiger partial charge in [-0.1, -0.05) is 25.2 Å². The van der Waals surface area contributed by atoms with E-state index in [9.17, 15) is 0 Å². The van der Waals surface area contributed by atoms with E-state index in [2.05, 4.69) is 16.6 Å². The minimum absolute atomic E-state index is 0.685. The van der Waals surface area contributed by atoms with E-state index < -0.39 is 0 Å². The van der Waals surface area contributed by atoms with Crippen LogP contribution in [0.5, 0.6) is 0 Å². The quantitative estimate of drug-likeness (QED) is 0.451. The first-order valence-corrected chi connectivity index (χ1v) is 5.28. The summed E-state index contributed by atoms with van der Waals surface area (Å²) in [6.45, 7) is 3.87. The van der Waals surface area contributed by atoms with Crippen LogP contribution in [-0.2, 0) is 0 Å². The van der Waals surface area contributed by atoms with Gasteiger partial charge in [0.15, 0.2) is 0 Å². The highest BCUT2D eigenvalue weighted by molar-refractivity contribution is 4.86. The predicted octanol–water partition coefficient (Wildman–Crippen LogP) is 0.989. The van der Waals surface area contributed by atoms with Gasteiger partial charge >= 0.3 is 0 Å². The Balaban J connectivity index is 1.71. The molecule has 0 heterocycles. The van der Waals surface area contributed by atoms with Crippen LogP contribution in [-0.4, -0.2) is 26.2 Å². The average molecular weight is 180 g/mol. The highest BCUT2D eigenvalue weighted by atomic mass is 14.9. The molecule has 2 heteroatoms. The van der Waals surface area contributed by atoms with Crippen LogP contribution in [0, 0.1) is 18.3 Å². The minimum Gasteiger partial charge on any atom is -0.315 e. The average Bonchev–Trinajstić information content (AvgIpc) is 2.07. The largest absolute Gasteiger partial charge is 0.315 e. The summed E-state index contributed by atoms with van der Waals surface area (Å²) in [4.78, 5) is 0. The Hall–Kier alpha value is -0.520. The monoisotopic (exact) mass is 180 g/mol. The Morgan fingerprint density at radius 2 is 1.92 bits per heavy atom. The molecular formula is C11H20N2. The molecule has 1 aliphatic rings.